The quantitative estimate of drug-likeness (QED) is 0.497. The van der Waals surface area contributed by atoms with Crippen molar-refractivity contribution in [1.29, 1.82) is 0 Å². The number of nitrogen functional groups attached to an aromatic ring is 1. The molecular weight excluding hydrogens is 110 g/mol. The van der Waals surface area contributed by atoms with Gasteiger partial charge in [0, 0.05) is 0 Å². The Morgan fingerprint density at radius 2 is 2.38 bits per heavy atom. The third-order valence-electron chi connectivity index (χ3n) is 0.618. The molecule has 0 radical (unpaired) electrons. The molecule has 0 amide bonds. The maximum Gasteiger partial charge on any atom is 0.312 e. The minimum atomic E-state index is -0.260. The highest BCUT2D eigenvalue weighted by Gasteiger charge is 1.96. The van der Waals surface area contributed by atoms with E-state index in [0.717, 1.165) is 0 Å². The molecule has 8 heavy (non-hydrogen) atoms. The zero-order valence-corrected chi connectivity index (χ0v) is 4.03. The molecule has 0 aliphatic carbocycles. The first-order valence-corrected chi connectivity index (χ1v) is 2.01. The number of nitrogens with zero attached hydrogens (tertiary/aromatic N) is 2. The molecule has 0 aromatic carbocycles. The van der Waals surface area contributed by atoms with Gasteiger partial charge in [0.25, 0.3) is 0 Å². The van der Waals surface area contributed by atoms with Crippen molar-refractivity contribution in [3.05, 3.63) is 5.89 Å². The van der Waals surface area contributed by atoms with Gasteiger partial charge in [-0.2, -0.15) is 0 Å². The Labute approximate surface area is 45.1 Å². The van der Waals surface area contributed by atoms with E-state index in [9.17, 15) is 0 Å². The average Bonchev–Trinajstić information content (AvgIpc) is 2.14. The number of nitrogens with two attached hydrogens (primary N) is 1. The van der Waals surface area contributed by atoms with Crippen LogP contribution in [0.1, 0.15) is 5.89 Å². The summed E-state index contributed by atoms with van der Waals surface area (Å²) in [5.74, 6) is 0.141. The number of aromatic nitrogens is 2. The summed E-state index contributed by atoms with van der Waals surface area (Å²) in [6.07, 6.45) is 0. The first kappa shape index (κ1) is 5.04. The molecule has 0 aliphatic heterocycles. The van der Waals surface area contributed by atoms with Gasteiger partial charge in [-0.25, -0.2) is 0 Å². The van der Waals surface area contributed by atoms with Gasteiger partial charge in [-0.3, -0.25) is 0 Å². The number of aliphatic hydroxyl groups is 1. The van der Waals surface area contributed by atoms with Crippen LogP contribution in [0.4, 0.5) is 6.01 Å². The van der Waals surface area contributed by atoms with Crippen molar-refractivity contribution in [2.75, 3.05) is 5.73 Å². The minimum Gasteiger partial charge on any atom is -0.406 e. The molecule has 0 saturated heterocycles. The van der Waals surface area contributed by atoms with E-state index in [-0.39, 0.29) is 18.5 Å². The van der Waals surface area contributed by atoms with Gasteiger partial charge in [0.2, 0.25) is 5.89 Å². The monoisotopic (exact) mass is 115 g/mol. The lowest BCUT2D eigenvalue weighted by Gasteiger charge is -1.77. The van der Waals surface area contributed by atoms with Crippen LogP contribution in [0.2, 0.25) is 0 Å². The first-order chi connectivity index (χ1) is 3.83. The topological polar surface area (TPSA) is 85.2 Å². The number of aliphatic hydroxyl groups excluding tert-OH is 1. The largest absolute Gasteiger partial charge is 0.406 e. The van der Waals surface area contributed by atoms with Crippen LogP contribution in [0.3, 0.4) is 0 Å². The van der Waals surface area contributed by atoms with Crippen LogP contribution in [0, 0.1) is 0 Å². The van der Waals surface area contributed by atoms with Crippen LogP contribution in [-0.4, -0.2) is 15.3 Å². The lowest BCUT2D eigenvalue weighted by atomic mass is 10.7. The Bertz CT molecular complexity index is 173. The van der Waals surface area contributed by atoms with Gasteiger partial charge in [0.05, 0.1) is 0 Å². The highest BCUT2D eigenvalue weighted by molar-refractivity contribution is 5.04. The van der Waals surface area contributed by atoms with Crippen LogP contribution in [-0.2, 0) is 6.61 Å². The average molecular weight is 115 g/mol. The highest BCUT2D eigenvalue weighted by atomic mass is 16.4. The summed E-state index contributed by atoms with van der Waals surface area (Å²) in [7, 11) is 0. The zero-order valence-electron chi connectivity index (χ0n) is 4.03. The van der Waals surface area contributed by atoms with Crippen molar-refractivity contribution in [1.82, 2.24) is 10.2 Å². The molecule has 1 heterocycles. The molecule has 0 unspecified atom stereocenters. The van der Waals surface area contributed by atoms with Gasteiger partial charge in [-0.05, 0) is 0 Å². The van der Waals surface area contributed by atoms with Crippen LogP contribution in [0.25, 0.3) is 0 Å². The third-order valence-corrected chi connectivity index (χ3v) is 0.618. The molecule has 0 spiro atoms. The summed E-state index contributed by atoms with van der Waals surface area (Å²) in [6, 6.07) is -0.0194. The van der Waals surface area contributed by atoms with E-state index in [4.69, 9.17) is 10.8 Å². The lowest BCUT2D eigenvalue weighted by Crippen LogP contribution is -1.81. The van der Waals surface area contributed by atoms with Gasteiger partial charge in [0.15, 0.2) is 0 Å². The van der Waals surface area contributed by atoms with Crippen molar-refractivity contribution < 1.29 is 9.52 Å². The van der Waals surface area contributed by atoms with Crippen molar-refractivity contribution in [3.8, 4) is 0 Å². The molecule has 5 nitrogen and oxygen atoms in total. The molecule has 1 aromatic rings. The van der Waals surface area contributed by atoms with Crippen LogP contribution in [0.5, 0.6) is 0 Å². The summed E-state index contributed by atoms with van der Waals surface area (Å²) in [5, 5.41) is 14.9. The Kier molecular flexibility index (Phi) is 1.13. The van der Waals surface area contributed by atoms with Gasteiger partial charge in [0.1, 0.15) is 6.61 Å². The van der Waals surface area contributed by atoms with Gasteiger partial charge in [-0.1, -0.05) is 5.10 Å². The fraction of sp³-hybridized carbons (Fsp3) is 0.333. The summed E-state index contributed by atoms with van der Waals surface area (Å²) in [5.41, 5.74) is 5.00. The summed E-state index contributed by atoms with van der Waals surface area (Å²) >= 11 is 0. The third kappa shape index (κ3) is 0.760. The van der Waals surface area contributed by atoms with Crippen LogP contribution >= 0.6 is 0 Å². The van der Waals surface area contributed by atoms with Crippen molar-refractivity contribution in [2.45, 2.75) is 6.61 Å². The Balaban J connectivity index is 2.84. The predicted octanol–water partition coefficient (Wildman–Crippen LogP) is -0.856. The molecule has 0 fully saturated rings. The van der Waals surface area contributed by atoms with E-state index in [0.29, 0.717) is 0 Å². The molecule has 0 bridgehead atoms. The molecule has 0 atom stereocenters. The highest BCUT2D eigenvalue weighted by Crippen LogP contribution is 1.97. The number of hydrogen-bond acceptors (Lipinski definition) is 5. The maximum atomic E-state index is 8.30. The number of anilines is 1. The minimum absolute atomic E-state index is 0.0194. The molecule has 3 N–H and O–H groups in total. The first-order valence-electron chi connectivity index (χ1n) is 2.01. The van der Waals surface area contributed by atoms with Crippen molar-refractivity contribution >= 4 is 6.01 Å². The van der Waals surface area contributed by atoms with E-state index in [1.807, 2.05) is 0 Å². The number of hydrogen-bond donors (Lipinski definition) is 2. The Morgan fingerprint density at radius 1 is 1.62 bits per heavy atom. The maximum absolute atomic E-state index is 8.30. The van der Waals surface area contributed by atoms with E-state index in [1.165, 1.54) is 0 Å². The number of rotatable bonds is 1. The SMILES string of the molecule is Nc1nnc(CO)o1. The normalized spacial score (nSPS) is 9.62. The molecule has 0 saturated carbocycles. The second-order valence-electron chi connectivity index (χ2n) is 1.19. The van der Waals surface area contributed by atoms with Gasteiger partial charge < -0.3 is 15.3 Å². The molecule has 1 aromatic heterocycles. The van der Waals surface area contributed by atoms with E-state index >= 15 is 0 Å². The van der Waals surface area contributed by atoms with Crippen LogP contribution in [0.15, 0.2) is 4.42 Å². The smallest absolute Gasteiger partial charge is 0.312 e. The van der Waals surface area contributed by atoms with E-state index in [1.54, 1.807) is 0 Å². The molecule has 1 rings (SSSR count). The van der Waals surface area contributed by atoms with Crippen molar-refractivity contribution in [2.24, 2.45) is 0 Å². The Hall–Kier alpha value is -1.10. The molecular formula is C3H5N3O2. The second-order valence-corrected chi connectivity index (χ2v) is 1.19. The van der Waals surface area contributed by atoms with Gasteiger partial charge in [-0.15, -0.1) is 5.10 Å². The lowest BCUT2D eigenvalue weighted by molar-refractivity contribution is 0.242. The fourth-order valence-corrected chi connectivity index (χ4v) is 0.330. The fourth-order valence-electron chi connectivity index (χ4n) is 0.330. The second kappa shape index (κ2) is 1.79. The van der Waals surface area contributed by atoms with Crippen molar-refractivity contribution in [3.63, 3.8) is 0 Å². The summed E-state index contributed by atoms with van der Waals surface area (Å²) in [4.78, 5) is 0. The summed E-state index contributed by atoms with van der Waals surface area (Å²) < 4.78 is 4.54. The van der Waals surface area contributed by atoms with Crippen LogP contribution < -0.4 is 5.73 Å². The molecule has 44 valence electrons. The standard InChI is InChI=1S/C3H5N3O2/c4-3-6-5-2(1-7)8-3/h7H,1H2,(H2,4,6). The van der Waals surface area contributed by atoms with E-state index in [2.05, 4.69) is 14.6 Å². The Morgan fingerprint density at radius 3 is 2.62 bits per heavy atom. The zero-order chi connectivity index (χ0) is 5.98. The summed E-state index contributed by atoms with van der Waals surface area (Å²) in [6.45, 7) is -0.260. The predicted molar refractivity (Wildman–Crippen MR) is 24.6 cm³/mol. The van der Waals surface area contributed by atoms with E-state index < -0.39 is 0 Å². The molecule has 5 heteroatoms. The van der Waals surface area contributed by atoms with Gasteiger partial charge >= 0.3 is 6.01 Å². The molecule has 0 aliphatic rings.